The maximum Gasteiger partial charge on any atom is 0.332 e. The molecule has 6 rings (SSSR count). The number of nitro benzene ring substituents is 1. The number of rotatable bonds is 3. The van der Waals surface area contributed by atoms with Crippen molar-refractivity contribution in [3.63, 3.8) is 0 Å². The standard InChI is InChI=1S/C25H16ClN5O5/c26-18-7-5-13(9-20(18)31(35)36)23(32)28-12-15-10-21(28)22-24(33)30(25(34)29(15)22)19-8-6-14(11-27)16-3-1-2-4-17(16)19/h1-9,15,21-22H,10,12H2/t15-,21-,22+/m0/s1. The number of nitriles is 1. The summed E-state index contributed by atoms with van der Waals surface area (Å²) in [6.07, 6.45) is 0.450. The third-order valence-electron chi connectivity index (χ3n) is 7.18. The summed E-state index contributed by atoms with van der Waals surface area (Å²) >= 11 is 5.88. The van der Waals surface area contributed by atoms with E-state index in [2.05, 4.69) is 6.07 Å². The van der Waals surface area contributed by atoms with E-state index in [9.17, 15) is 29.8 Å². The maximum absolute atomic E-state index is 13.6. The Morgan fingerprint density at radius 1 is 1.11 bits per heavy atom. The quantitative estimate of drug-likeness (QED) is 0.306. The zero-order valence-corrected chi connectivity index (χ0v) is 19.3. The highest BCUT2D eigenvalue weighted by Crippen LogP contribution is 2.44. The lowest BCUT2D eigenvalue weighted by molar-refractivity contribution is -0.384. The van der Waals surface area contributed by atoms with Crippen LogP contribution >= 0.6 is 11.6 Å². The number of hydrogen-bond donors (Lipinski definition) is 0. The summed E-state index contributed by atoms with van der Waals surface area (Å²) in [5.74, 6) is -0.897. The number of halogens is 1. The van der Waals surface area contributed by atoms with Crippen LogP contribution in [0.5, 0.6) is 0 Å². The van der Waals surface area contributed by atoms with Crippen LogP contribution in [0.2, 0.25) is 5.02 Å². The Morgan fingerprint density at radius 3 is 2.58 bits per heavy atom. The van der Waals surface area contributed by atoms with E-state index < -0.39 is 34.9 Å². The molecule has 3 aromatic carbocycles. The molecule has 0 unspecified atom stereocenters. The summed E-state index contributed by atoms with van der Waals surface area (Å²) in [4.78, 5) is 55.2. The number of amides is 4. The molecule has 11 heteroatoms. The lowest BCUT2D eigenvalue weighted by atomic mass is 10.0. The van der Waals surface area contributed by atoms with Gasteiger partial charge in [0.25, 0.3) is 17.5 Å². The summed E-state index contributed by atoms with van der Waals surface area (Å²) in [5.41, 5.74) is 0.541. The van der Waals surface area contributed by atoms with Gasteiger partial charge >= 0.3 is 6.03 Å². The Morgan fingerprint density at radius 2 is 1.86 bits per heavy atom. The van der Waals surface area contributed by atoms with E-state index in [1.807, 2.05) is 0 Å². The van der Waals surface area contributed by atoms with E-state index in [1.54, 1.807) is 36.4 Å². The summed E-state index contributed by atoms with van der Waals surface area (Å²) in [6, 6.07) is 14.0. The monoisotopic (exact) mass is 501 g/mol. The SMILES string of the molecule is N#Cc1ccc(N2C(=O)[C@H]3[C@@H]4C[C@@H](CN4C(=O)c4ccc(Cl)c([N+](=O)[O-])c4)N3C2=O)c2ccccc12. The van der Waals surface area contributed by atoms with Crippen LogP contribution in [-0.2, 0) is 4.79 Å². The van der Waals surface area contributed by atoms with Crippen LogP contribution in [0.15, 0.2) is 54.6 Å². The van der Waals surface area contributed by atoms with Crippen LogP contribution in [0.1, 0.15) is 22.3 Å². The van der Waals surface area contributed by atoms with Crippen LogP contribution in [0, 0.1) is 21.4 Å². The molecule has 3 saturated heterocycles. The molecule has 3 aromatic rings. The number of piperazine rings is 1. The highest BCUT2D eigenvalue weighted by Gasteiger charge is 2.63. The van der Waals surface area contributed by atoms with Crippen molar-refractivity contribution in [2.45, 2.75) is 24.5 Å². The first kappa shape index (κ1) is 22.0. The molecule has 3 fully saturated rings. The zero-order valence-electron chi connectivity index (χ0n) is 18.5. The third kappa shape index (κ3) is 2.93. The van der Waals surface area contributed by atoms with Gasteiger partial charge in [-0.25, -0.2) is 9.69 Å². The summed E-state index contributed by atoms with van der Waals surface area (Å²) < 4.78 is 0. The van der Waals surface area contributed by atoms with Gasteiger partial charge in [-0.3, -0.25) is 19.7 Å². The van der Waals surface area contributed by atoms with Crippen molar-refractivity contribution in [3.05, 3.63) is 80.9 Å². The van der Waals surface area contributed by atoms with Gasteiger partial charge in [0.1, 0.15) is 11.1 Å². The van der Waals surface area contributed by atoms with Gasteiger partial charge in [-0.2, -0.15) is 5.26 Å². The first-order valence-electron chi connectivity index (χ1n) is 11.1. The van der Waals surface area contributed by atoms with Gasteiger partial charge in [0.15, 0.2) is 0 Å². The Labute approximate surface area is 209 Å². The average Bonchev–Trinajstić information content (AvgIpc) is 3.54. The van der Waals surface area contributed by atoms with Crippen LogP contribution < -0.4 is 4.90 Å². The Kier molecular flexibility index (Phi) is 4.74. The Hall–Kier alpha value is -4.49. The smallest absolute Gasteiger partial charge is 0.331 e. The fourth-order valence-corrected chi connectivity index (χ4v) is 5.83. The van der Waals surface area contributed by atoms with E-state index in [0.717, 1.165) is 11.0 Å². The van der Waals surface area contributed by atoms with Gasteiger partial charge in [0, 0.05) is 28.9 Å². The number of hydrogen-bond acceptors (Lipinski definition) is 6. The summed E-state index contributed by atoms with van der Waals surface area (Å²) in [7, 11) is 0. The maximum atomic E-state index is 13.6. The molecule has 4 amide bonds. The van der Waals surface area contributed by atoms with E-state index in [0.29, 0.717) is 28.4 Å². The number of fused-ring (bicyclic) bond motifs is 6. The molecule has 3 aliphatic rings. The number of nitro groups is 1. The zero-order chi connectivity index (χ0) is 25.3. The molecule has 0 saturated carbocycles. The fraction of sp³-hybridized carbons (Fsp3) is 0.200. The van der Waals surface area contributed by atoms with Crippen LogP contribution in [0.4, 0.5) is 16.2 Å². The second-order valence-electron chi connectivity index (χ2n) is 8.94. The van der Waals surface area contributed by atoms with Crippen molar-refractivity contribution in [2.24, 2.45) is 0 Å². The van der Waals surface area contributed by atoms with Gasteiger partial charge in [0.05, 0.1) is 34.3 Å². The van der Waals surface area contributed by atoms with Gasteiger partial charge in [-0.1, -0.05) is 35.9 Å². The highest BCUT2D eigenvalue weighted by molar-refractivity contribution is 6.32. The number of anilines is 1. The van der Waals surface area contributed by atoms with E-state index in [1.165, 1.54) is 21.9 Å². The molecule has 0 spiro atoms. The van der Waals surface area contributed by atoms with Crippen molar-refractivity contribution >= 4 is 51.6 Å². The predicted octanol–water partition coefficient (Wildman–Crippen LogP) is 3.71. The van der Waals surface area contributed by atoms with E-state index >= 15 is 0 Å². The number of carbonyl (C=O) groups excluding carboxylic acids is 3. The van der Waals surface area contributed by atoms with Gasteiger partial charge in [0.2, 0.25) is 0 Å². The molecule has 178 valence electrons. The van der Waals surface area contributed by atoms with Crippen molar-refractivity contribution in [2.75, 3.05) is 11.4 Å². The van der Waals surface area contributed by atoms with E-state index in [4.69, 9.17) is 11.6 Å². The fourth-order valence-electron chi connectivity index (χ4n) is 5.64. The van der Waals surface area contributed by atoms with Crippen LogP contribution in [0.3, 0.4) is 0 Å². The molecule has 3 atom stereocenters. The minimum Gasteiger partial charge on any atom is -0.331 e. The number of benzene rings is 3. The Bertz CT molecular complexity index is 1570. The third-order valence-corrected chi connectivity index (χ3v) is 7.50. The second-order valence-corrected chi connectivity index (χ2v) is 9.34. The van der Waals surface area contributed by atoms with E-state index in [-0.39, 0.29) is 28.9 Å². The van der Waals surface area contributed by atoms with Gasteiger partial charge in [-0.15, -0.1) is 0 Å². The first-order valence-corrected chi connectivity index (χ1v) is 11.5. The van der Waals surface area contributed by atoms with Gasteiger partial charge < -0.3 is 9.80 Å². The first-order chi connectivity index (χ1) is 17.3. The molecular formula is C25H16ClN5O5. The number of nitrogens with zero attached hydrogens (tertiary/aromatic N) is 5. The lowest BCUT2D eigenvalue weighted by Gasteiger charge is -2.34. The lowest BCUT2D eigenvalue weighted by Crippen LogP contribution is -2.54. The van der Waals surface area contributed by atoms with Crippen LogP contribution in [-0.4, -0.2) is 57.2 Å². The van der Waals surface area contributed by atoms with Crippen molar-refractivity contribution in [1.82, 2.24) is 9.80 Å². The second kappa shape index (κ2) is 7.76. The molecule has 0 aliphatic carbocycles. The minimum atomic E-state index is -0.850. The molecule has 36 heavy (non-hydrogen) atoms. The highest BCUT2D eigenvalue weighted by atomic mass is 35.5. The van der Waals surface area contributed by atoms with Gasteiger partial charge in [-0.05, 0) is 30.7 Å². The van der Waals surface area contributed by atoms with Crippen molar-refractivity contribution in [3.8, 4) is 6.07 Å². The molecule has 0 aromatic heterocycles. The molecule has 3 aliphatic heterocycles. The molecule has 10 nitrogen and oxygen atoms in total. The number of likely N-dealkylation sites (tertiary alicyclic amines) is 1. The largest absolute Gasteiger partial charge is 0.332 e. The molecule has 0 radical (unpaired) electrons. The average molecular weight is 502 g/mol. The topological polar surface area (TPSA) is 128 Å². The predicted molar refractivity (Wildman–Crippen MR) is 129 cm³/mol. The number of urea groups is 1. The number of carbonyl (C=O) groups is 3. The van der Waals surface area contributed by atoms with Crippen molar-refractivity contribution in [1.29, 1.82) is 5.26 Å². The minimum absolute atomic E-state index is 0.0764. The molecule has 3 heterocycles. The van der Waals surface area contributed by atoms with Crippen molar-refractivity contribution < 1.29 is 19.3 Å². The molecule has 2 bridgehead atoms. The summed E-state index contributed by atoms with van der Waals surface area (Å²) in [6.45, 7) is 0.220. The Balaban J connectivity index is 1.35. The normalized spacial score (nSPS) is 22.3. The molecular weight excluding hydrogens is 486 g/mol. The number of imide groups is 1. The van der Waals surface area contributed by atoms with Crippen LogP contribution in [0.25, 0.3) is 10.8 Å². The summed E-state index contributed by atoms with van der Waals surface area (Å²) in [5, 5.41) is 21.9. The molecule has 0 N–H and O–H groups in total.